The van der Waals surface area contributed by atoms with E-state index in [4.69, 9.17) is 23.2 Å². The molecule has 0 aliphatic heterocycles. The van der Waals surface area contributed by atoms with Crippen molar-refractivity contribution in [2.75, 3.05) is 17.8 Å². The number of hydrogen-bond acceptors (Lipinski definition) is 4. The molecule has 1 aromatic rings. The number of anilines is 1. The Hall–Kier alpha value is -1.88. The molecular weight excluding hydrogens is 429 g/mol. The summed E-state index contributed by atoms with van der Waals surface area (Å²) in [5, 5.41) is 2.27. The summed E-state index contributed by atoms with van der Waals surface area (Å²) < 4.78 is 85.0. The number of alkyl halides is 7. The van der Waals surface area contributed by atoms with Crippen molar-refractivity contribution >= 4 is 40.8 Å². The molecule has 0 bridgehead atoms. The van der Waals surface area contributed by atoms with Gasteiger partial charge in [-0.3, -0.25) is 4.79 Å². The van der Waals surface area contributed by atoms with Gasteiger partial charge in [0.05, 0.1) is 12.2 Å². The third-order valence-electron chi connectivity index (χ3n) is 3.06. The largest absolute Gasteiger partial charge is 0.463 e. The molecule has 5 nitrogen and oxygen atoms in total. The Morgan fingerprint density at radius 3 is 2.19 bits per heavy atom. The summed E-state index contributed by atoms with van der Waals surface area (Å²) in [5.74, 6) is -4.54. The summed E-state index contributed by atoms with van der Waals surface area (Å²) in [4.78, 5) is 23.5. The standard InChI is InChI=1S/C14H12Cl2F6N2O3/c1-2-27-11(26)12(14(20,21)22,24-10(25)6-15)23-9-4-3-7(16)5-8(9)13(17,18)19/h3-5,23H,2,6H2,1H3,(H,24,25). The molecule has 0 aliphatic carbocycles. The van der Waals surface area contributed by atoms with Crippen molar-refractivity contribution in [1.82, 2.24) is 5.32 Å². The van der Waals surface area contributed by atoms with Gasteiger partial charge in [-0.25, -0.2) is 4.79 Å². The van der Waals surface area contributed by atoms with Crippen molar-refractivity contribution in [2.45, 2.75) is 24.9 Å². The number of nitrogens with one attached hydrogen (secondary N) is 2. The number of esters is 1. The van der Waals surface area contributed by atoms with Crippen LogP contribution in [0.2, 0.25) is 5.02 Å². The van der Waals surface area contributed by atoms with Crippen LogP contribution in [-0.2, 0) is 20.5 Å². The smallest absolute Gasteiger partial charge is 0.441 e. The normalized spacial score (nSPS) is 14.3. The lowest BCUT2D eigenvalue weighted by Crippen LogP contribution is -2.69. The molecule has 152 valence electrons. The maximum absolute atomic E-state index is 13.7. The van der Waals surface area contributed by atoms with Gasteiger partial charge in [-0.2, -0.15) is 26.3 Å². The van der Waals surface area contributed by atoms with Crippen molar-refractivity contribution in [2.24, 2.45) is 0 Å². The number of hydrogen-bond donors (Lipinski definition) is 2. The molecule has 1 unspecified atom stereocenters. The van der Waals surface area contributed by atoms with Gasteiger partial charge in [0.1, 0.15) is 5.88 Å². The van der Waals surface area contributed by atoms with Gasteiger partial charge < -0.3 is 15.4 Å². The predicted octanol–water partition coefficient (Wildman–Crippen LogP) is 3.95. The first-order valence-electron chi connectivity index (χ1n) is 7.04. The Balaban J connectivity index is 3.62. The zero-order valence-electron chi connectivity index (χ0n) is 13.4. The monoisotopic (exact) mass is 440 g/mol. The van der Waals surface area contributed by atoms with Gasteiger partial charge >= 0.3 is 24.0 Å². The maximum atomic E-state index is 13.7. The first-order valence-corrected chi connectivity index (χ1v) is 7.95. The van der Waals surface area contributed by atoms with Crippen LogP contribution < -0.4 is 10.6 Å². The molecule has 0 aromatic heterocycles. The molecular formula is C14H12Cl2F6N2O3. The quantitative estimate of drug-likeness (QED) is 0.304. The molecule has 1 amide bonds. The van der Waals surface area contributed by atoms with Crippen molar-refractivity contribution < 1.29 is 40.7 Å². The van der Waals surface area contributed by atoms with Gasteiger partial charge in [-0.05, 0) is 25.1 Å². The summed E-state index contributed by atoms with van der Waals surface area (Å²) in [6.45, 7) is 0.633. The molecule has 13 heteroatoms. The van der Waals surface area contributed by atoms with Crippen LogP contribution in [0.15, 0.2) is 18.2 Å². The van der Waals surface area contributed by atoms with Crippen LogP contribution in [-0.4, -0.2) is 36.2 Å². The second kappa shape index (κ2) is 8.42. The van der Waals surface area contributed by atoms with Crippen LogP contribution >= 0.6 is 23.2 Å². The number of carbonyl (C=O) groups is 2. The van der Waals surface area contributed by atoms with E-state index in [1.165, 1.54) is 17.6 Å². The van der Waals surface area contributed by atoms with Crippen molar-refractivity contribution in [3.63, 3.8) is 0 Å². The number of benzene rings is 1. The van der Waals surface area contributed by atoms with Crippen molar-refractivity contribution in [3.8, 4) is 0 Å². The molecule has 0 spiro atoms. The Labute approximate surface area is 158 Å². The number of carbonyl (C=O) groups excluding carboxylic acids is 2. The molecule has 27 heavy (non-hydrogen) atoms. The lowest BCUT2D eigenvalue weighted by molar-refractivity contribution is -0.207. The van der Waals surface area contributed by atoms with E-state index in [9.17, 15) is 35.9 Å². The van der Waals surface area contributed by atoms with E-state index in [-0.39, 0.29) is 0 Å². The molecule has 0 heterocycles. The highest BCUT2D eigenvalue weighted by Crippen LogP contribution is 2.40. The molecule has 0 saturated carbocycles. The van der Waals surface area contributed by atoms with Crippen molar-refractivity contribution in [3.05, 3.63) is 28.8 Å². The predicted molar refractivity (Wildman–Crippen MR) is 84.4 cm³/mol. The van der Waals surface area contributed by atoms with E-state index in [0.717, 1.165) is 6.07 Å². The summed E-state index contributed by atoms with van der Waals surface area (Å²) in [6.07, 6.45) is -10.7. The molecule has 1 aromatic carbocycles. The second-order valence-electron chi connectivity index (χ2n) is 4.96. The topological polar surface area (TPSA) is 67.4 Å². The first kappa shape index (κ1) is 23.2. The van der Waals surface area contributed by atoms with E-state index in [1.54, 1.807) is 0 Å². The molecule has 0 fully saturated rings. The average molecular weight is 441 g/mol. The van der Waals surface area contributed by atoms with E-state index < -0.39 is 58.7 Å². The van der Waals surface area contributed by atoms with Crippen LogP contribution in [0, 0.1) is 0 Å². The van der Waals surface area contributed by atoms with Crippen LogP contribution in [0.5, 0.6) is 0 Å². The summed E-state index contributed by atoms with van der Waals surface area (Å²) >= 11 is 10.6. The average Bonchev–Trinajstić information content (AvgIpc) is 2.53. The van der Waals surface area contributed by atoms with Crippen molar-refractivity contribution in [1.29, 1.82) is 0 Å². The van der Waals surface area contributed by atoms with Crippen LogP contribution in [0.3, 0.4) is 0 Å². The summed E-state index contributed by atoms with van der Waals surface area (Å²) in [5.41, 5.74) is -6.76. The zero-order chi connectivity index (χ0) is 21.0. The highest BCUT2D eigenvalue weighted by atomic mass is 35.5. The SMILES string of the molecule is CCOC(=O)C(NC(=O)CCl)(Nc1ccc(Cl)cc1C(F)(F)F)C(F)(F)F. The maximum Gasteiger partial charge on any atom is 0.441 e. The molecule has 0 aliphatic rings. The molecule has 2 N–H and O–H groups in total. The summed E-state index contributed by atoms with van der Waals surface area (Å²) in [6, 6.07) is 1.81. The van der Waals surface area contributed by atoms with E-state index in [1.807, 2.05) is 0 Å². The lowest BCUT2D eigenvalue weighted by atomic mass is 10.1. The van der Waals surface area contributed by atoms with Gasteiger partial charge in [0.15, 0.2) is 0 Å². The van der Waals surface area contributed by atoms with Crippen LogP contribution in [0.4, 0.5) is 32.0 Å². The minimum Gasteiger partial charge on any atom is -0.463 e. The Morgan fingerprint density at radius 2 is 1.74 bits per heavy atom. The third-order valence-corrected chi connectivity index (χ3v) is 3.54. The van der Waals surface area contributed by atoms with E-state index in [2.05, 4.69) is 4.74 Å². The van der Waals surface area contributed by atoms with E-state index in [0.29, 0.717) is 12.1 Å². The Morgan fingerprint density at radius 1 is 1.15 bits per heavy atom. The zero-order valence-corrected chi connectivity index (χ0v) is 14.9. The fraction of sp³-hybridized carbons (Fsp3) is 0.429. The van der Waals surface area contributed by atoms with Gasteiger partial charge in [-0.1, -0.05) is 11.6 Å². The van der Waals surface area contributed by atoms with E-state index >= 15 is 0 Å². The van der Waals surface area contributed by atoms with Gasteiger partial charge in [0.2, 0.25) is 5.91 Å². The third kappa shape index (κ3) is 5.32. The fourth-order valence-electron chi connectivity index (χ4n) is 1.93. The van der Waals surface area contributed by atoms with Crippen LogP contribution in [0.25, 0.3) is 0 Å². The summed E-state index contributed by atoms with van der Waals surface area (Å²) in [7, 11) is 0. The number of halogens is 8. The fourth-order valence-corrected chi connectivity index (χ4v) is 2.17. The van der Waals surface area contributed by atoms with Gasteiger partial charge in [0.25, 0.3) is 0 Å². The molecule has 1 atom stereocenters. The highest BCUT2D eigenvalue weighted by molar-refractivity contribution is 6.30. The lowest BCUT2D eigenvalue weighted by Gasteiger charge is -2.35. The highest BCUT2D eigenvalue weighted by Gasteiger charge is 2.64. The first-order chi connectivity index (χ1) is 12.3. The molecule has 1 rings (SSSR count). The minimum atomic E-state index is -5.59. The Bertz CT molecular complexity index is 711. The number of ether oxygens (including phenoxy) is 1. The minimum absolute atomic E-state index is 0.361. The van der Waals surface area contributed by atoms with Crippen LogP contribution in [0.1, 0.15) is 12.5 Å². The van der Waals surface area contributed by atoms with Gasteiger partial charge in [0, 0.05) is 10.7 Å². The number of amides is 1. The molecule has 0 radical (unpaired) electrons. The second-order valence-corrected chi connectivity index (χ2v) is 5.67. The molecule has 0 saturated heterocycles. The van der Waals surface area contributed by atoms with Gasteiger partial charge in [-0.15, -0.1) is 11.6 Å². The Kier molecular flexibility index (Phi) is 7.23. The number of rotatable bonds is 6.